The molecule has 0 spiro atoms. The Balaban J connectivity index is 2.47. The molecule has 0 saturated heterocycles. The van der Waals surface area contributed by atoms with Crippen molar-refractivity contribution in [1.82, 2.24) is 5.32 Å². The maximum Gasteiger partial charge on any atom is 0.326 e. The third-order valence-electron chi connectivity index (χ3n) is 2.43. The van der Waals surface area contributed by atoms with Gasteiger partial charge < -0.3 is 15.2 Å². The number of carboxylic acid groups (broad SMARTS) is 1. The zero-order chi connectivity index (χ0) is 14.4. The molecule has 0 aromatic heterocycles. The van der Waals surface area contributed by atoms with Crippen molar-refractivity contribution in [3.8, 4) is 5.75 Å². The van der Waals surface area contributed by atoms with Crippen molar-refractivity contribution in [3.63, 3.8) is 0 Å². The summed E-state index contributed by atoms with van der Waals surface area (Å²) in [6, 6.07) is 6.34. The molecular formula is C13H16INO4. The van der Waals surface area contributed by atoms with Gasteiger partial charge in [-0.25, -0.2) is 4.79 Å². The molecule has 1 amide bonds. The van der Waals surface area contributed by atoms with Crippen LogP contribution in [-0.2, 0) is 9.59 Å². The summed E-state index contributed by atoms with van der Waals surface area (Å²) in [6.45, 7) is 3.27. The number of nitrogens with one attached hydrogen (secondary N) is 1. The first-order chi connectivity index (χ1) is 8.90. The fourth-order valence-electron chi connectivity index (χ4n) is 1.41. The third-order valence-corrected chi connectivity index (χ3v) is 3.15. The van der Waals surface area contributed by atoms with Crippen molar-refractivity contribution in [2.75, 3.05) is 6.61 Å². The Kier molecular flexibility index (Phi) is 6.07. The number of rotatable bonds is 6. The molecule has 0 aliphatic rings. The minimum absolute atomic E-state index is 0.181. The second-order valence-corrected chi connectivity index (χ2v) is 5.62. The van der Waals surface area contributed by atoms with Crippen LogP contribution in [0.5, 0.6) is 5.75 Å². The Morgan fingerprint density at radius 3 is 2.37 bits per heavy atom. The van der Waals surface area contributed by atoms with Gasteiger partial charge in [-0.1, -0.05) is 13.8 Å². The van der Waals surface area contributed by atoms with E-state index in [1.807, 2.05) is 12.1 Å². The van der Waals surface area contributed by atoms with E-state index in [-0.39, 0.29) is 12.5 Å². The van der Waals surface area contributed by atoms with Crippen LogP contribution in [0.4, 0.5) is 0 Å². The van der Waals surface area contributed by atoms with E-state index >= 15 is 0 Å². The number of halogens is 1. The largest absolute Gasteiger partial charge is 0.484 e. The normalized spacial score (nSPS) is 12.0. The average molecular weight is 377 g/mol. The van der Waals surface area contributed by atoms with Crippen LogP contribution in [0.1, 0.15) is 13.8 Å². The number of ether oxygens (including phenoxy) is 1. The Labute approximate surface area is 125 Å². The third kappa shape index (κ3) is 5.46. The lowest BCUT2D eigenvalue weighted by molar-refractivity contribution is -0.143. The molecule has 2 N–H and O–H groups in total. The molecule has 19 heavy (non-hydrogen) atoms. The molecule has 1 aromatic carbocycles. The first kappa shape index (κ1) is 15.7. The van der Waals surface area contributed by atoms with Crippen LogP contribution in [0.25, 0.3) is 0 Å². The molecule has 0 bridgehead atoms. The van der Waals surface area contributed by atoms with E-state index in [2.05, 4.69) is 27.9 Å². The molecule has 1 rings (SSSR count). The quantitative estimate of drug-likeness (QED) is 0.743. The van der Waals surface area contributed by atoms with Gasteiger partial charge in [0.05, 0.1) is 0 Å². The molecule has 5 nitrogen and oxygen atoms in total. The van der Waals surface area contributed by atoms with Crippen molar-refractivity contribution < 1.29 is 19.4 Å². The van der Waals surface area contributed by atoms with E-state index in [4.69, 9.17) is 9.84 Å². The summed E-state index contributed by atoms with van der Waals surface area (Å²) in [6.07, 6.45) is 0. The first-order valence-corrected chi connectivity index (χ1v) is 6.88. The molecule has 1 unspecified atom stereocenters. The van der Waals surface area contributed by atoms with Gasteiger partial charge in [0.2, 0.25) is 0 Å². The van der Waals surface area contributed by atoms with Gasteiger partial charge in [0.1, 0.15) is 11.8 Å². The highest BCUT2D eigenvalue weighted by atomic mass is 127. The van der Waals surface area contributed by atoms with Crippen molar-refractivity contribution in [2.24, 2.45) is 5.92 Å². The molecule has 0 heterocycles. The van der Waals surface area contributed by atoms with Gasteiger partial charge in [-0.3, -0.25) is 4.79 Å². The second kappa shape index (κ2) is 7.32. The van der Waals surface area contributed by atoms with E-state index in [1.54, 1.807) is 26.0 Å². The number of amides is 1. The van der Waals surface area contributed by atoms with E-state index in [0.717, 1.165) is 3.57 Å². The monoisotopic (exact) mass is 377 g/mol. The van der Waals surface area contributed by atoms with Crippen LogP contribution < -0.4 is 10.1 Å². The Hall–Kier alpha value is -1.31. The minimum atomic E-state index is -1.04. The zero-order valence-corrected chi connectivity index (χ0v) is 12.9. The van der Waals surface area contributed by atoms with Gasteiger partial charge in [0.15, 0.2) is 6.61 Å². The van der Waals surface area contributed by atoms with Gasteiger partial charge in [0, 0.05) is 3.57 Å². The molecule has 104 valence electrons. The maximum atomic E-state index is 11.6. The fourth-order valence-corrected chi connectivity index (χ4v) is 1.77. The number of benzene rings is 1. The average Bonchev–Trinajstić information content (AvgIpc) is 2.34. The lowest BCUT2D eigenvalue weighted by atomic mass is 10.1. The van der Waals surface area contributed by atoms with Crippen molar-refractivity contribution in [2.45, 2.75) is 19.9 Å². The van der Waals surface area contributed by atoms with Crippen LogP contribution >= 0.6 is 22.6 Å². The SMILES string of the molecule is CC(C)C(NC(=O)COc1ccc(I)cc1)C(=O)O. The summed E-state index contributed by atoms with van der Waals surface area (Å²) < 4.78 is 6.34. The first-order valence-electron chi connectivity index (χ1n) is 5.80. The Bertz CT molecular complexity index is 444. The Morgan fingerprint density at radius 2 is 1.89 bits per heavy atom. The molecule has 1 aromatic rings. The molecule has 6 heteroatoms. The number of aliphatic carboxylic acids is 1. The highest BCUT2D eigenvalue weighted by Crippen LogP contribution is 2.13. The molecule has 0 aliphatic carbocycles. The van der Waals surface area contributed by atoms with E-state index in [9.17, 15) is 9.59 Å². The molecule has 1 atom stereocenters. The smallest absolute Gasteiger partial charge is 0.326 e. The van der Waals surface area contributed by atoms with Crippen molar-refractivity contribution in [1.29, 1.82) is 0 Å². The highest BCUT2D eigenvalue weighted by molar-refractivity contribution is 14.1. The van der Waals surface area contributed by atoms with Gasteiger partial charge in [0.25, 0.3) is 5.91 Å². The summed E-state index contributed by atoms with van der Waals surface area (Å²) in [5.41, 5.74) is 0. The predicted molar refractivity (Wildman–Crippen MR) is 79.1 cm³/mol. The number of carboxylic acids is 1. The number of carbonyl (C=O) groups excluding carboxylic acids is 1. The van der Waals surface area contributed by atoms with Gasteiger partial charge in [-0.15, -0.1) is 0 Å². The summed E-state index contributed by atoms with van der Waals surface area (Å²) in [7, 11) is 0. The maximum absolute atomic E-state index is 11.6. The van der Waals surface area contributed by atoms with Crippen molar-refractivity contribution >= 4 is 34.5 Å². The van der Waals surface area contributed by atoms with E-state index < -0.39 is 17.9 Å². The summed E-state index contributed by atoms with van der Waals surface area (Å²) >= 11 is 2.17. The topological polar surface area (TPSA) is 75.6 Å². The molecular weight excluding hydrogens is 361 g/mol. The lowest BCUT2D eigenvalue weighted by Crippen LogP contribution is -2.46. The summed E-state index contributed by atoms with van der Waals surface area (Å²) in [4.78, 5) is 22.5. The number of hydrogen-bond donors (Lipinski definition) is 2. The van der Waals surface area contributed by atoms with E-state index in [1.165, 1.54) is 0 Å². The van der Waals surface area contributed by atoms with Gasteiger partial charge >= 0.3 is 5.97 Å². The van der Waals surface area contributed by atoms with Crippen LogP contribution in [0.15, 0.2) is 24.3 Å². The second-order valence-electron chi connectivity index (χ2n) is 4.37. The summed E-state index contributed by atoms with van der Waals surface area (Å²) in [5, 5.41) is 11.4. The van der Waals surface area contributed by atoms with Gasteiger partial charge in [-0.05, 0) is 52.8 Å². The minimum Gasteiger partial charge on any atom is -0.484 e. The predicted octanol–water partition coefficient (Wildman–Crippen LogP) is 1.90. The van der Waals surface area contributed by atoms with E-state index in [0.29, 0.717) is 5.75 Å². The van der Waals surface area contributed by atoms with Crippen LogP contribution in [0.2, 0.25) is 0 Å². The van der Waals surface area contributed by atoms with Crippen LogP contribution in [-0.4, -0.2) is 29.6 Å². The lowest BCUT2D eigenvalue weighted by Gasteiger charge is -2.17. The molecule has 0 radical (unpaired) electrons. The highest BCUT2D eigenvalue weighted by Gasteiger charge is 2.23. The molecule has 0 aliphatic heterocycles. The van der Waals surface area contributed by atoms with Crippen LogP contribution in [0.3, 0.4) is 0 Å². The number of carbonyl (C=O) groups is 2. The summed E-state index contributed by atoms with van der Waals surface area (Å²) in [5.74, 6) is -1.09. The zero-order valence-electron chi connectivity index (χ0n) is 10.7. The molecule has 0 fully saturated rings. The molecule has 0 saturated carbocycles. The van der Waals surface area contributed by atoms with Crippen molar-refractivity contribution in [3.05, 3.63) is 27.8 Å². The standard InChI is InChI=1S/C13H16INO4/c1-8(2)12(13(17)18)15-11(16)7-19-10-5-3-9(14)4-6-10/h3-6,8,12H,7H2,1-2H3,(H,15,16)(H,17,18). The number of hydrogen-bond acceptors (Lipinski definition) is 3. The Morgan fingerprint density at radius 1 is 1.32 bits per heavy atom. The fraction of sp³-hybridized carbons (Fsp3) is 0.385. The van der Waals surface area contributed by atoms with Gasteiger partial charge in [-0.2, -0.15) is 0 Å². The van der Waals surface area contributed by atoms with Crippen LogP contribution in [0, 0.1) is 9.49 Å².